The number of fused-ring (bicyclic) bond motifs is 1. The highest BCUT2D eigenvalue weighted by atomic mass is 16.5. The van der Waals surface area contributed by atoms with Crippen LogP contribution in [0.15, 0.2) is 12.3 Å². The van der Waals surface area contributed by atoms with Crippen molar-refractivity contribution in [2.75, 3.05) is 12.4 Å². The Kier molecular flexibility index (Phi) is 5.63. The lowest BCUT2D eigenvalue weighted by molar-refractivity contribution is -0.166. The first-order valence-corrected chi connectivity index (χ1v) is 10.6. The van der Waals surface area contributed by atoms with Gasteiger partial charge < -0.3 is 20.3 Å². The van der Waals surface area contributed by atoms with Crippen LogP contribution in [0.1, 0.15) is 57.0 Å². The van der Waals surface area contributed by atoms with E-state index in [4.69, 9.17) is 14.7 Å². The Labute approximate surface area is 185 Å². The zero-order chi connectivity index (χ0) is 23.1. The molecule has 0 radical (unpaired) electrons. The van der Waals surface area contributed by atoms with Gasteiger partial charge in [-0.3, -0.25) is 5.10 Å². The lowest BCUT2D eigenvalue weighted by Crippen LogP contribution is -2.43. The maximum atomic E-state index is 11.7. The molecule has 172 valence electrons. The highest BCUT2D eigenvalue weighted by Crippen LogP contribution is 2.40. The van der Waals surface area contributed by atoms with E-state index in [0.717, 1.165) is 5.69 Å². The van der Waals surface area contributed by atoms with Crippen LogP contribution in [-0.2, 0) is 16.1 Å². The molecule has 1 aliphatic carbocycles. The summed E-state index contributed by atoms with van der Waals surface area (Å²) in [4.78, 5) is 21.3. The number of aryl methyl sites for hydroxylation is 1. The van der Waals surface area contributed by atoms with E-state index in [1.807, 2.05) is 13.0 Å². The molecule has 4 N–H and O–H groups in total. The standard InChI is InChI=1S/C21H29N7O4/c1-12-9-15(27-26-12)23-17-14-10-22-28(11-20(2,3)31)18(14)25-16(24-17)13-5-7-21(32-4,8-6-13)19(29)30/h9-10,13,31H,5-8,11H2,1-4H3,(H,29,30)(H2,23,24,25,26,27). The fourth-order valence-electron chi connectivity index (χ4n) is 4.18. The second-order valence-electron chi connectivity index (χ2n) is 9.12. The molecule has 1 fully saturated rings. The number of aromatic nitrogens is 6. The number of carboxylic acids is 1. The molecule has 3 aromatic heterocycles. The summed E-state index contributed by atoms with van der Waals surface area (Å²) in [6, 6.07) is 1.87. The normalized spacial score (nSPS) is 21.7. The van der Waals surface area contributed by atoms with Crippen LogP contribution in [0.3, 0.4) is 0 Å². The van der Waals surface area contributed by atoms with E-state index in [1.54, 1.807) is 24.7 Å². The molecule has 32 heavy (non-hydrogen) atoms. The number of aliphatic hydroxyl groups is 1. The third kappa shape index (κ3) is 4.30. The number of nitrogens with zero attached hydrogens (tertiary/aromatic N) is 5. The number of carboxylic acid groups (broad SMARTS) is 1. The van der Waals surface area contributed by atoms with Crippen molar-refractivity contribution in [1.82, 2.24) is 29.9 Å². The Balaban J connectivity index is 1.72. The van der Waals surface area contributed by atoms with Crippen LogP contribution in [0.4, 0.5) is 11.6 Å². The number of H-pyrrole nitrogens is 1. The summed E-state index contributed by atoms with van der Waals surface area (Å²) < 4.78 is 7.02. The van der Waals surface area contributed by atoms with Crippen molar-refractivity contribution in [3.63, 3.8) is 0 Å². The fourth-order valence-corrected chi connectivity index (χ4v) is 4.18. The van der Waals surface area contributed by atoms with Crippen molar-refractivity contribution in [1.29, 1.82) is 0 Å². The molecule has 0 aliphatic heterocycles. The number of hydrogen-bond acceptors (Lipinski definition) is 8. The number of rotatable bonds is 7. The van der Waals surface area contributed by atoms with Crippen molar-refractivity contribution in [2.45, 2.75) is 70.1 Å². The van der Waals surface area contributed by atoms with Gasteiger partial charge in [0.15, 0.2) is 17.1 Å². The number of nitrogens with one attached hydrogen (secondary N) is 2. The second kappa shape index (κ2) is 8.14. The third-order valence-electron chi connectivity index (χ3n) is 5.94. The largest absolute Gasteiger partial charge is 0.479 e. The molecule has 1 aliphatic rings. The molecule has 0 unspecified atom stereocenters. The lowest BCUT2D eigenvalue weighted by atomic mass is 9.78. The van der Waals surface area contributed by atoms with Crippen LogP contribution >= 0.6 is 0 Å². The van der Waals surface area contributed by atoms with Crippen LogP contribution in [0.5, 0.6) is 0 Å². The van der Waals surface area contributed by atoms with Gasteiger partial charge in [-0.1, -0.05) is 0 Å². The van der Waals surface area contributed by atoms with E-state index in [-0.39, 0.29) is 12.5 Å². The van der Waals surface area contributed by atoms with Crippen LogP contribution in [0.25, 0.3) is 11.0 Å². The summed E-state index contributed by atoms with van der Waals surface area (Å²) in [5.74, 6) is 0.847. The molecule has 0 bridgehead atoms. The Morgan fingerprint density at radius 2 is 2.09 bits per heavy atom. The minimum absolute atomic E-state index is 0.0195. The minimum Gasteiger partial charge on any atom is -0.479 e. The highest BCUT2D eigenvalue weighted by Gasteiger charge is 2.43. The average molecular weight is 444 g/mol. The van der Waals surface area contributed by atoms with E-state index in [2.05, 4.69) is 20.6 Å². The van der Waals surface area contributed by atoms with Crippen LogP contribution in [-0.4, -0.2) is 64.4 Å². The molecule has 3 heterocycles. The van der Waals surface area contributed by atoms with Gasteiger partial charge in [-0.25, -0.2) is 19.4 Å². The number of hydrogen-bond donors (Lipinski definition) is 4. The average Bonchev–Trinajstić information content (AvgIpc) is 3.32. The molecular formula is C21H29N7O4. The van der Waals surface area contributed by atoms with Crippen molar-refractivity contribution in [3.05, 3.63) is 23.8 Å². The van der Waals surface area contributed by atoms with Gasteiger partial charge in [-0.15, -0.1) is 0 Å². The van der Waals surface area contributed by atoms with E-state index in [9.17, 15) is 15.0 Å². The molecule has 0 amide bonds. The number of methoxy groups -OCH3 is 1. The predicted octanol–water partition coefficient (Wildman–Crippen LogP) is 2.50. The Hall–Kier alpha value is -3.05. The van der Waals surface area contributed by atoms with Crippen LogP contribution in [0.2, 0.25) is 0 Å². The van der Waals surface area contributed by atoms with Crippen molar-refractivity contribution in [3.8, 4) is 0 Å². The summed E-state index contributed by atoms with van der Waals surface area (Å²) in [5.41, 5.74) is -0.612. The van der Waals surface area contributed by atoms with E-state index in [1.165, 1.54) is 7.11 Å². The first kappa shape index (κ1) is 22.2. The molecule has 11 heteroatoms. The van der Waals surface area contributed by atoms with Crippen molar-refractivity contribution in [2.24, 2.45) is 0 Å². The number of anilines is 2. The van der Waals surface area contributed by atoms with Gasteiger partial charge in [0, 0.05) is 24.8 Å². The van der Waals surface area contributed by atoms with Crippen LogP contribution < -0.4 is 5.32 Å². The van der Waals surface area contributed by atoms with E-state index >= 15 is 0 Å². The molecule has 0 spiro atoms. The van der Waals surface area contributed by atoms with Gasteiger partial charge in [0.25, 0.3) is 0 Å². The summed E-state index contributed by atoms with van der Waals surface area (Å²) in [5, 5.41) is 35.4. The second-order valence-corrected chi connectivity index (χ2v) is 9.12. The topological polar surface area (TPSA) is 151 Å². The molecule has 1 saturated carbocycles. The van der Waals surface area contributed by atoms with Crippen LogP contribution in [0, 0.1) is 6.92 Å². The minimum atomic E-state index is -1.16. The third-order valence-corrected chi connectivity index (χ3v) is 5.94. The monoisotopic (exact) mass is 443 g/mol. The van der Waals surface area contributed by atoms with Gasteiger partial charge in [0.05, 0.1) is 23.7 Å². The first-order chi connectivity index (χ1) is 15.1. The molecule has 4 rings (SSSR count). The maximum absolute atomic E-state index is 11.7. The Morgan fingerprint density at radius 1 is 1.38 bits per heavy atom. The Bertz CT molecular complexity index is 1120. The summed E-state index contributed by atoms with van der Waals surface area (Å²) in [6.07, 6.45) is 3.62. The number of carbonyl (C=O) groups is 1. The van der Waals surface area contributed by atoms with Crippen molar-refractivity contribution < 1.29 is 19.7 Å². The van der Waals surface area contributed by atoms with Gasteiger partial charge in [0.2, 0.25) is 0 Å². The quantitative estimate of drug-likeness (QED) is 0.431. The molecule has 3 aromatic rings. The van der Waals surface area contributed by atoms with Crippen molar-refractivity contribution >= 4 is 28.6 Å². The zero-order valence-electron chi connectivity index (χ0n) is 18.7. The summed E-state index contributed by atoms with van der Waals surface area (Å²) in [6.45, 7) is 5.61. The summed E-state index contributed by atoms with van der Waals surface area (Å²) >= 11 is 0. The zero-order valence-corrected chi connectivity index (χ0v) is 18.7. The van der Waals surface area contributed by atoms with Gasteiger partial charge in [-0.05, 0) is 46.5 Å². The van der Waals surface area contributed by atoms with E-state index in [0.29, 0.717) is 54.2 Å². The summed E-state index contributed by atoms with van der Waals surface area (Å²) in [7, 11) is 1.44. The van der Waals surface area contributed by atoms with E-state index < -0.39 is 17.2 Å². The number of aromatic amines is 1. The highest BCUT2D eigenvalue weighted by molar-refractivity contribution is 5.88. The van der Waals surface area contributed by atoms with Gasteiger partial charge in [-0.2, -0.15) is 10.2 Å². The molecule has 0 atom stereocenters. The molecular weight excluding hydrogens is 414 g/mol. The lowest BCUT2D eigenvalue weighted by Gasteiger charge is -2.35. The smallest absolute Gasteiger partial charge is 0.335 e. The number of aliphatic carboxylic acids is 1. The molecule has 11 nitrogen and oxygen atoms in total. The molecule has 0 aromatic carbocycles. The molecule has 0 saturated heterocycles. The van der Waals surface area contributed by atoms with Gasteiger partial charge in [0.1, 0.15) is 11.6 Å². The maximum Gasteiger partial charge on any atom is 0.335 e. The predicted molar refractivity (Wildman–Crippen MR) is 117 cm³/mol. The van der Waals surface area contributed by atoms with Gasteiger partial charge >= 0.3 is 5.97 Å². The first-order valence-electron chi connectivity index (χ1n) is 10.6. The number of ether oxygens (including phenoxy) is 1. The Morgan fingerprint density at radius 3 is 2.66 bits per heavy atom. The fraction of sp³-hybridized carbons (Fsp3) is 0.571. The SMILES string of the molecule is COC1(C(=O)O)CCC(c2nc(Nc3cc(C)[nH]n3)c3cnn(CC(C)(C)O)c3n2)CC1.